The van der Waals surface area contributed by atoms with Crippen LogP contribution in [0.5, 0.6) is 0 Å². The van der Waals surface area contributed by atoms with Gasteiger partial charge in [0, 0.05) is 0 Å². The van der Waals surface area contributed by atoms with Crippen LogP contribution in [-0.4, -0.2) is 0 Å². The summed E-state index contributed by atoms with van der Waals surface area (Å²) in [6.07, 6.45) is 5.98. The van der Waals surface area contributed by atoms with Crippen LogP contribution in [0.15, 0.2) is 24.3 Å². The summed E-state index contributed by atoms with van der Waals surface area (Å²) in [7, 11) is 0. The van der Waals surface area contributed by atoms with Crippen molar-refractivity contribution in [2.75, 3.05) is 0 Å². The number of fused-ring (bicyclic) bond motifs is 2. The molecule has 0 amide bonds. The summed E-state index contributed by atoms with van der Waals surface area (Å²) in [6.45, 7) is 2.21. The summed E-state index contributed by atoms with van der Waals surface area (Å²) < 4.78 is 0. The number of aryl methyl sites for hydroxylation is 1. The van der Waals surface area contributed by atoms with E-state index in [1.165, 1.54) is 31.2 Å². The van der Waals surface area contributed by atoms with Gasteiger partial charge in [-0.15, -0.1) is 0 Å². The fourth-order valence-corrected chi connectivity index (χ4v) is 3.55. The van der Waals surface area contributed by atoms with Crippen molar-refractivity contribution in [3.63, 3.8) is 0 Å². The van der Waals surface area contributed by atoms with Gasteiger partial charge in [0.15, 0.2) is 0 Å². The van der Waals surface area contributed by atoms with Crippen molar-refractivity contribution in [1.29, 1.82) is 0 Å². The Morgan fingerprint density at radius 3 is 2.71 bits per heavy atom. The maximum atomic E-state index is 2.39. The Balaban J connectivity index is 1.89. The zero-order valence-corrected chi connectivity index (χ0v) is 8.87. The molecule has 0 N–H and O–H groups in total. The van der Waals surface area contributed by atoms with E-state index in [9.17, 15) is 0 Å². The minimum atomic E-state index is 0.897. The highest BCUT2D eigenvalue weighted by atomic mass is 14.4. The van der Waals surface area contributed by atoms with Gasteiger partial charge in [-0.2, -0.15) is 0 Å². The van der Waals surface area contributed by atoms with Crippen molar-refractivity contribution in [1.82, 2.24) is 0 Å². The van der Waals surface area contributed by atoms with Gasteiger partial charge in [0.1, 0.15) is 0 Å². The fourth-order valence-electron chi connectivity index (χ4n) is 3.55. The van der Waals surface area contributed by atoms with Gasteiger partial charge in [0.25, 0.3) is 0 Å². The predicted molar refractivity (Wildman–Crippen MR) is 59.4 cm³/mol. The van der Waals surface area contributed by atoms with Gasteiger partial charge >= 0.3 is 0 Å². The number of hydrogen-bond acceptors (Lipinski definition) is 0. The number of hydrogen-bond donors (Lipinski definition) is 0. The molecule has 0 aromatic heterocycles. The molecule has 0 heteroatoms. The lowest BCUT2D eigenvalue weighted by Gasteiger charge is -2.22. The fraction of sp³-hybridized carbons (Fsp3) is 0.571. The molecule has 0 heterocycles. The SMILES string of the molecule is Cc1cccc([C@H]2C[C@@H]3CC[C@H]2C3)c1. The largest absolute Gasteiger partial charge is 0.0617 e. The number of rotatable bonds is 1. The van der Waals surface area contributed by atoms with Crippen LogP contribution < -0.4 is 0 Å². The Hall–Kier alpha value is -0.780. The molecule has 1 aromatic carbocycles. The third kappa shape index (κ3) is 1.28. The maximum Gasteiger partial charge on any atom is -0.0131 e. The molecule has 0 unspecified atom stereocenters. The van der Waals surface area contributed by atoms with E-state index in [4.69, 9.17) is 0 Å². The van der Waals surface area contributed by atoms with Crippen LogP contribution in [-0.2, 0) is 0 Å². The summed E-state index contributed by atoms with van der Waals surface area (Å²) in [5, 5.41) is 0. The Morgan fingerprint density at radius 2 is 2.07 bits per heavy atom. The van der Waals surface area contributed by atoms with Gasteiger partial charge in [-0.1, -0.05) is 36.2 Å². The first kappa shape index (κ1) is 8.52. The molecule has 3 atom stereocenters. The Labute approximate surface area is 86.3 Å². The first-order chi connectivity index (χ1) is 6.83. The summed E-state index contributed by atoms with van der Waals surface area (Å²) in [5.41, 5.74) is 3.03. The summed E-state index contributed by atoms with van der Waals surface area (Å²) in [4.78, 5) is 0. The van der Waals surface area contributed by atoms with Gasteiger partial charge in [0.05, 0.1) is 0 Å². The normalized spacial score (nSPS) is 35.1. The third-order valence-electron chi connectivity index (χ3n) is 4.21. The quantitative estimate of drug-likeness (QED) is 0.624. The third-order valence-corrected chi connectivity index (χ3v) is 4.21. The van der Waals surface area contributed by atoms with Crippen LogP contribution >= 0.6 is 0 Å². The second-order valence-corrected chi connectivity index (χ2v) is 5.20. The van der Waals surface area contributed by atoms with Crippen molar-refractivity contribution in [2.45, 2.75) is 38.5 Å². The smallest absolute Gasteiger partial charge is 0.0131 e. The molecule has 0 spiro atoms. The van der Waals surface area contributed by atoms with Gasteiger partial charge in [-0.05, 0) is 49.5 Å². The standard InChI is InChI=1S/C14H18/c1-10-3-2-4-12(7-10)14-9-11-5-6-13(14)8-11/h2-4,7,11,13-14H,5-6,8-9H2,1H3/t11-,13+,14-/m1/s1. The molecule has 1 aromatic rings. The van der Waals surface area contributed by atoms with Crippen molar-refractivity contribution in [3.05, 3.63) is 35.4 Å². The molecular weight excluding hydrogens is 168 g/mol. The lowest BCUT2D eigenvalue weighted by molar-refractivity contribution is 0.420. The van der Waals surface area contributed by atoms with Crippen LogP contribution in [0.1, 0.15) is 42.7 Å². The first-order valence-electron chi connectivity index (χ1n) is 5.89. The molecule has 0 aliphatic heterocycles. The van der Waals surface area contributed by atoms with Gasteiger partial charge in [0.2, 0.25) is 0 Å². The molecule has 2 aliphatic carbocycles. The topological polar surface area (TPSA) is 0 Å². The van der Waals surface area contributed by atoms with Crippen LogP contribution in [0.25, 0.3) is 0 Å². The second kappa shape index (κ2) is 3.12. The Morgan fingerprint density at radius 1 is 1.14 bits per heavy atom. The minimum absolute atomic E-state index is 0.897. The number of benzene rings is 1. The highest BCUT2D eigenvalue weighted by Crippen LogP contribution is 2.52. The van der Waals surface area contributed by atoms with Crippen LogP contribution in [0.4, 0.5) is 0 Å². The van der Waals surface area contributed by atoms with Crippen LogP contribution in [0, 0.1) is 18.8 Å². The van der Waals surface area contributed by atoms with Crippen molar-refractivity contribution in [3.8, 4) is 0 Å². The Kier molecular flexibility index (Phi) is 1.90. The van der Waals surface area contributed by atoms with E-state index < -0.39 is 0 Å². The van der Waals surface area contributed by atoms with Crippen molar-refractivity contribution < 1.29 is 0 Å². The van der Waals surface area contributed by atoms with Gasteiger partial charge in [-0.25, -0.2) is 0 Å². The average molecular weight is 186 g/mol. The molecule has 3 rings (SSSR count). The van der Waals surface area contributed by atoms with E-state index >= 15 is 0 Å². The van der Waals surface area contributed by atoms with Crippen molar-refractivity contribution >= 4 is 0 Å². The van der Waals surface area contributed by atoms with E-state index in [2.05, 4.69) is 31.2 Å². The minimum Gasteiger partial charge on any atom is -0.0617 e. The zero-order valence-electron chi connectivity index (χ0n) is 8.87. The van der Waals surface area contributed by atoms with Crippen LogP contribution in [0.3, 0.4) is 0 Å². The summed E-state index contributed by atoms with van der Waals surface area (Å²) in [6, 6.07) is 9.15. The van der Waals surface area contributed by atoms with E-state index in [0.717, 1.165) is 17.8 Å². The summed E-state index contributed by atoms with van der Waals surface area (Å²) in [5.74, 6) is 2.97. The highest BCUT2D eigenvalue weighted by molar-refractivity contribution is 5.27. The first-order valence-corrected chi connectivity index (χ1v) is 5.89. The van der Waals surface area contributed by atoms with Crippen LogP contribution in [0.2, 0.25) is 0 Å². The summed E-state index contributed by atoms with van der Waals surface area (Å²) >= 11 is 0. The van der Waals surface area contributed by atoms with E-state index in [-0.39, 0.29) is 0 Å². The molecule has 2 bridgehead atoms. The van der Waals surface area contributed by atoms with Gasteiger partial charge in [-0.3, -0.25) is 0 Å². The van der Waals surface area contributed by atoms with E-state index in [1.807, 2.05) is 0 Å². The maximum absolute atomic E-state index is 2.39. The Bertz CT molecular complexity index is 340. The monoisotopic (exact) mass is 186 g/mol. The zero-order chi connectivity index (χ0) is 9.54. The predicted octanol–water partition coefficient (Wildman–Crippen LogP) is 3.90. The van der Waals surface area contributed by atoms with E-state index in [1.54, 1.807) is 5.56 Å². The molecule has 0 radical (unpaired) electrons. The molecule has 0 saturated heterocycles. The molecule has 2 aliphatic rings. The van der Waals surface area contributed by atoms with Gasteiger partial charge < -0.3 is 0 Å². The molecule has 0 nitrogen and oxygen atoms in total. The van der Waals surface area contributed by atoms with Crippen molar-refractivity contribution in [2.24, 2.45) is 11.8 Å². The molecule has 2 fully saturated rings. The molecule has 2 saturated carbocycles. The molecular formula is C14H18. The second-order valence-electron chi connectivity index (χ2n) is 5.20. The average Bonchev–Trinajstić information content (AvgIpc) is 2.78. The van der Waals surface area contributed by atoms with E-state index in [0.29, 0.717) is 0 Å². The lowest BCUT2D eigenvalue weighted by atomic mass is 9.83. The highest BCUT2D eigenvalue weighted by Gasteiger charge is 2.39. The molecule has 14 heavy (non-hydrogen) atoms. The lowest BCUT2D eigenvalue weighted by Crippen LogP contribution is -2.08. The molecule has 74 valence electrons.